The highest BCUT2D eigenvalue weighted by Crippen LogP contribution is 2.20. The monoisotopic (exact) mass is 312 g/mol. The first-order valence-corrected chi connectivity index (χ1v) is 7.99. The van der Waals surface area contributed by atoms with Crippen LogP contribution in [0, 0.1) is 0 Å². The number of anilines is 1. The third-order valence-electron chi connectivity index (χ3n) is 3.66. The van der Waals surface area contributed by atoms with E-state index in [4.69, 9.17) is 10.5 Å². The van der Waals surface area contributed by atoms with E-state index in [0.717, 1.165) is 17.0 Å². The van der Waals surface area contributed by atoms with Crippen molar-refractivity contribution >= 4 is 11.6 Å². The average Bonchev–Trinajstić information content (AvgIpc) is 2.58. The van der Waals surface area contributed by atoms with Crippen molar-refractivity contribution in [3.05, 3.63) is 60.2 Å². The van der Waals surface area contributed by atoms with Crippen LogP contribution in [0.3, 0.4) is 0 Å². The van der Waals surface area contributed by atoms with Crippen molar-refractivity contribution in [2.24, 2.45) is 5.73 Å². The molecule has 0 aliphatic carbocycles. The zero-order chi connectivity index (χ0) is 16.7. The molecule has 1 atom stereocenters. The number of hydrogen-bond donors (Lipinski definition) is 1. The molecular weight excluding hydrogens is 288 g/mol. The number of benzene rings is 2. The topological polar surface area (TPSA) is 55.6 Å². The minimum atomic E-state index is -0.552. The van der Waals surface area contributed by atoms with E-state index < -0.39 is 6.04 Å². The second-order valence-corrected chi connectivity index (χ2v) is 5.31. The fraction of sp³-hybridized carbons (Fsp3) is 0.316. The number of carbonyl (C=O) groups excluding carboxylic acids is 1. The van der Waals surface area contributed by atoms with Crippen molar-refractivity contribution in [1.82, 2.24) is 0 Å². The molecule has 0 saturated heterocycles. The Hall–Kier alpha value is -2.33. The molecule has 1 unspecified atom stereocenters. The molecular formula is C19H24N2O2. The number of hydrogen-bond acceptors (Lipinski definition) is 3. The molecule has 0 spiro atoms. The van der Waals surface area contributed by atoms with Gasteiger partial charge in [0.2, 0.25) is 5.91 Å². The molecule has 0 aliphatic heterocycles. The lowest BCUT2D eigenvalue weighted by molar-refractivity contribution is -0.119. The normalized spacial score (nSPS) is 11.8. The molecule has 122 valence electrons. The van der Waals surface area contributed by atoms with Crippen LogP contribution in [-0.2, 0) is 11.2 Å². The number of nitrogens with two attached hydrogens (primary N) is 1. The summed E-state index contributed by atoms with van der Waals surface area (Å²) in [5.74, 6) is 0.730. The molecule has 0 radical (unpaired) electrons. The lowest BCUT2D eigenvalue weighted by atomic mass is 10.1. The van der Waals surface area contributed by atoms with Gasteiger partial charge in [0.15, 0.2) is 0 Å². The van der Waals surface area contributed by atoms with Gasteiger partial charge in [-0.3, -0.25) is 4.79 Å². The van der Waals surface area contributed by atoms with Crippen LogP contribution in [0.25, 0.3) is 0 Å². The highest BCUT2D eigenvalue weighted by atomic mass is 16.5. The quantitative estimate of drug-likeness (QED) is 0.855. The van der Waals surface area contributed by atoms with Gasteiger partial charge in [-0.2, -0.15) is 0 Å². The number of carbonyl (C=O) groups is 1. The molecule has 1 amide bonds. The Morgan fingerprint density at radius 2 is 1.74 bits per heavy atom. The molecule has 4 nitrogen and oxygen atoms in total. The molecule has 0 aromatic heterocycles. The third kappa shape index (κ3) is 4.57. The van der Waals surface area contributed by atoms with Gasteiger partial charge in [0.25, 0.3) is 0 Å². The zero-order valence-electron chi connectivity index (χ0n) is 13.7. The van der Waals surface area contributed by atoms with E-state index in [1.54, 1.807) is 4.90 Å². The van der Waals surface area contributed by atoms with Gasteiger partial charge < -0.3 is 15.4 Å². The lowest BCUT2D eigenvalue weighted by Crippen LogP contribution is -2.45. The smallest absolute Gasteiger partial charge is 0.244 e. The maximum atomic E-state index is 12.7. The van der Waals surface area contributed by atoms with Gasteiger partial charge in [-0.25, -0.2) is 0 Å². The predicted octanol–water partition coefficient (Wildman–Crippen LogP) is 3.01. The number of ether oxygens (including phenoxy) is 1. The van der Waals surface area contributed by atoms with E-state index >= 15 is 0 Å². The Balaban J connectivity index is 2.08. The van der Waals surface area contributed by atoms with E-state index in [1.807, 2.05) is 68.4 Å². The first-order chi connectivity index (χ1) is 11.2. The highest BCUT2D eigenvalue weighted by molar-refractivity contribution is 5.97. The van der Waals surface area contributed by atoms with Crippen LogP contribution in [0.15, 0.2) is 54.6 Å². The van der Waals surface area contributed by atoms with Crippen molar-refractivity contribution in [2.45, 2.75) is 26.3 Å². The second kappa shape index (κ2) is 8.34. The SMILES string of the molecule is CCOc1ccc(N(CC)C(=O)C(N)Cc2ccccc2)cc1. The summed E-state index contributed by atoms with van der Waals surface area (Å²) < 4.78 is 5.43. The fourth-order valence-electron chi connectivity index (χ4n) is 2.51. The van der Waals surface area contributed by atoms with Gasteiger partial charge in [0.1, 0.15) is 5.75 Å². The van der Waals surface area contributed by atoms with E-state index in [1.165, 1.54) is 0 Å². The second-order valence-electron chi connectivity index (χ2n) is 5.31. The third-order valence-corrected chi connectivity index (χ3v) is 3.66. The summed E-state index contributed by atoms with van der Waals surface area (Å²) >= 11 is 0. The summed E-state index contributed by atoms with van der Waals surface area (Å²) in [6, 6.07) is 16.8. The van der Waals surface area contributed by atoms with Crippen molar-refractivity contribution in [1.29, 1.82) is 0 Å². The molecule has 0 heterocycles. The largest absolute Gasteiger partial charge is 0.494 e. The van der Waals surface area contributed by atoms with Gasteiger partial charge in [0, 0.05) is 12.2 Å². The first-order valence-electron chi connectivity index (χ1n) is 7.99. The standard InChI is InChI=1S/C19H24N2O2/c1-3-21(16-10-12-17(13-11-16)23-4-2)19(22)18(20)14-15-8-6-5-7-9-15/h5-13,18H,3-4,14,20H2,1-2H3. The van der Waals surface area contributed by atoms with Gasteiger partial charge >= 0.3 is 0 Å². The van der Waals surface area contributed by atoms with E-state index in [9.17, 15) is 4.79 Å². The molecule has 0 bridgehead atoms. The van der Waals surface area contributed by atoms with Gasteiger partial charge in [-0.1, -0.05) is 30.3 Å². The zero-order valence-corrected chi connectivity index (χ0v) is 13.7. The number of rotatable bonds is 7. The van der Waals surface area contributed by atoms with Crippen molar-refractivity contribution < 1.29 is 9.53 Å². The maximum absolute atomic E-state index is 12.7. The number of likely N-dealkylation sites (N-methyl/N-ethyl adjacent to an activating group) is 1. The summed E-state index contributed by atoms with van der Waals surface area (Å²) in [6.45, 7) is 5.09. The van der Waals surface area contributed by atoms with Crippen LogP contribution < -0.4 is 15.4 Å². The van der Waals surface area contributed by atoms with E-state index in [0.29, 0.717) is 19.6 Å². The number of nitrogens with zero attached hydrogens (tertiary/aromatic N) is 1. The summed E-state index contributed by atoms with van der Waals surface area (Å²) in [5, 5.41) is 0. The van der Waals surface area contributed by atoms with Crippen molar-refractivity contribution in [3.8, 4) is 5.75 Å². The van der Waals surface area contributed by atoms with Crippen LogP contribution in [0.2, 0.25) is 0 Å². The molecule has 0 fully saturated rings. The Kier molecular flexibility index (Phi) is 6.18. The van der Waals surface area contributed by atoms with Crippen LogP contribution >= 0.6 is 0 Å². The van der Waals surface area contributed by atoms with Gasteiger partial charge in [-0.05, 0) is 50.1 Å². The molecule has 2 rings (SSSR count). The minimum absolute atomic E-state index is 0.0690. The Labute approximate surface area is 137 Å². The first kappa shape index (κ1) is 17.0. The summed E-state index contributed by atoms with van der Waals surface area (Å²) in [5.41, 5.74) is 8.03. The van der Waals surface area contributed by atoms with E-state index in [2.05, 4.69) is 0 Å². The highest BCUT2D eigenvalue weighted by Gasteiger charge is 2.21. The molecule has 4 heteroatoms. The Bertz CT molecular complexity index is 611. The maximum Gasteiger partial charge on any atom is 0.244 e. The van der Waals surface area contributed by atoms with Crippen LogP contribution in [0.4, 0.5) is 5.69 Å². The van der Waals surface area contributed by atoms with Crippen LogP contribution in [-0.4, -0.2) is 25.1 Å². The van der Waals surface area contributed by atoms with Crippen molar-refractivity contribution in [2.75, 3.05) is 18.1 Å². The summed E-state index contributed by atoms with van der Waals surface area (Å²) in [4.78, 5) is 14.4. The Morgan fingerprint density at radius 1 is 1.09 bits per heavy atom. The molecule has 23 heavy (non-hydrogen) atoms. The van der Waals surface area contributed by atoms with Crippen molar-refractivity contribution in [3.63, 3.8) is 0 Å². The fourth-order valence-corrected chi connectivity index (χ4v) is 2.51. The minimum Gasteiger partial charge on any atom is -0.494 e. The Morgan fingerprint density at radius 3 is 2.30 bits per heavy atom. The lowest BCUT2D eigenvalue weighted by Gasteiger charge is -2.24. The van der Waals surface area contributed by atoms with Crippen LogP contribution in [0.1, 0.15) is 19.4 Å². The molecule has 0 aliphatic rings. The predicted molar refractivity (Wildman–Crippen MR) is 93.8 cm³/mol. The average molecular weight is 312 g/mol. The molecule has 2 aromatic carbocycles. The molecule has 2 aromatic rings. The number of amides is 1. The van der Waals surface area contributed by atoms with Crippen LogP contribution in [0.5, 0.6) is 5.75 Å². The van der Waals surface area contributed by atoms with Gasteiger partial charge in [0.05, 0.1) is 12.6 Å². The van der Waals surface area contributed by atoms with Gasteiger partial charge in [-0.15, -0.1) is 0 Å². The molecule has 0 saturated carbocycles. The molecule has 2 N–H and O–H groups in total. The summed E-state index contributed by atoms with van der Waals surface area (Å²) in [7, 11) is 0. The summed E-state index contributed by atoms with van der Waals surface area (Å²) in [6.07, 6.45) is 0.535. The van der Waals surface area contributed by atoms with E-state index in [-0.39, 0.29) is 5.91 Å².